The Morgan fingerprint density at radius 2 is 2.09 bits per heavy atom. The van der Waals surface area contributed by atoms with Crippen LogP contribution in [0.15, 0.2) is 40.2 Å². The van der Waals surface area contributed by atoms with Crippen molar-refractivity contribution >= 4 is 23.4 Å². The third-order valence-corrected chi connectivity index (χ3v) is 4.79. The van der Waals surface area contributed by atoms with Crippen molar-refractivity contribution in [1.29, 1.82) is 0 Å². The number of aromatic nitrogens is 5. The van der Waals surface area contributed by atoms with E-state index in [2.05, 4.69) is 30.4 Å². The normalized spacial score (nSPS) is 14.9. The number of amides is 1. The molecule has 0 spiro atoms. The number of hydrogen-bond acceptors (Lipinski definition) is 6. The maximum Gasteiger partial charge on any atom is 0.326 e. The van der Waals surface area contributed by atoms with Gasteiger partial charge in [0.2, 0.25) is 5.88 Å². The predicted molar refractivity (Wildman–Crippen MR) is 108 cm³/mol. The molecule has 162 valence electrons. The first-order valence-electron chi connectivity index (χ1n) is 9.59. The number of anilines is 1. The van der Waals surface area contributed by atoms with Crippen LogP contribution in [0.4, 0.5) is 14.6 Å². The van der Waals surface area contributed by atoms with E-state index < -0.39 is 23.2 Å². The van der Waals surface area contributed by atoms with Gasteiger partial charge in [-0.2, -0.15) is 9.61 Å². The smallest absolute Gasteiger partial charge is 0.326 e. The minimum atomic E-state index is -1.00. The number of nitrogens with one attached hydrogen (secondary N) is 3. The highest BCUT2D eigenvalue weighted by atomic mass is 19.1. The van der Waals surface area contributed by atoms with Gasteiger partial charge >= 0.3 is 5.69 Å². The fraction of sp³-hybridized carbons (Fsp3) is 0.150. The van der Waals surface area contributed by atoms with Crippen LogP contribution in [-0.4, -0.2) is 41.6 Å². The highest BCUT2D eigenvalue weighted by Crippen LogP contribution is 2.22. The summed E-state index contributed by atoms with van der Waals surface area (Å²) in [5, 5.41) is 17.0. The first-order valence-corrected chi connectivity index (χ1v) is 9.59. The van der Waals surface area contributed by atoms with E-state index in [1.807, 2.05) is 0 Å². The van der Waals surface area contributed by atoms with E-state index in [1.54, 1.807) is 0 Å². The Balaban J connectivity index is 1.62. The lowest BCUT2D eigenvalue weighted by Gasteiger charge is -2.06. The largest absolute Gasteiger partial charge is 0.493 e. The molecule has 1 fully saturated rings. The summed E-state index contributed by atoms with van der Waals surface area (Å²) in [4.78, 5) is 37.5. The molecule has 5 rings (SSSR count). The highest BCUT2D eigenvalue weighted by Gasteiger charge is 2.21. The van der Waals surface area contributed by atoms with Gasteiger partial charge in [-0.1, -0.05) is 0 Å². The van der Waals surface area contributed by atoms with Crippen molar-refractivity contribution in [3.63, 3.8) is 0 Å². The van der Waals surface area contributed by atoms with Crippen LogP contribution in [-0.2, 0) is 0 Å². The first kappa shape index (κ1) is 19.6. The lowest BCUT2D eigenvalue weighted by Crippen LogP contribution is -2.22. The van der Waals surface area contributed by atoms with Gasteiger partial charge in [0.05, 0.1) is 17.8 Å². The van der Waals surface area contributed by atoms with Crippen LogP contribution in [0.2, 0.25) is 0 Å². The van der Waals surface area contributed by atoms with Crippen LogP contribution < -0.4 is 21.7 Å². The molecule has 1 aliphatic carbocycles. The van der Waals surface area contributed by atoms with Crippen LogP contribution >= 0.6 is 0 Å². The maximum atomic E-state index is 14.0. The van der Waals surface area contributed by atoms with Gasteiger partial charge in [0.1, 0.15) is 23.1 Å². The Kier molecular flexibility index (Phi) is 4.54. The molecule has 10 nitrogen and oxygen atoms in total. The van der Waals surface area contributed by atoms with Crippen molar-refractivity contribution in [2.24, 2.45) is 4.99 Å². The summed E-state index contributed by atoms with van der Waals surface area (Å²) in [5.41, 5.74) is -0.113. The number of halogens is 2. The van der Waals surface area contributed by atoms with E-state index in [4.69, 9.17) is 0 Å². The average molecular weight is 439 g/mol. The Labute approximate surface area is 177 Å². The topological polar surface area (TPSA) is 141 Å². The average Bonchev–Trinajstić information content (AvgIpc) is 3.36. The minimum Gasteiger partial charge on any atom is -0.493 e. The lowest BCUT2D eigenvalue weighted by molar-refractivity contribution is 0.102. The zero-order valence-electron chi connectivity index (χ0n) is 16.3. The minimum absolute atomic E-state index is 0.0764. The van der Waals surface area contributed by atoms with Crippen LogP contribution in [0.3, 0.4) is 0 Å². The first-order chi connectivity index (χ1) is 15.4. The number of H-pyrrole nitrogens is 2. The zero-order chi connectivity index (χ0) is 22.4. The predicted octanol–water partition coefficient (Wildman–Crippen LogP) is 0.593. The fourth-order valence-corrected chi connectivity index (χ4v) is 3.12. The van der Waals surface area contributed by atoms with Crippen molar-refractivity contribution in [1.82, 2.24) is 24.6 Å². The van der Waals surface area contributed by atoms with Gasteiger partial charge in [-0.3, -0.25) is 14.8 Å². The summed E-state index contributed by atoms with van der Waals surface area (Å²) in [6.07, 6.45) is 4.76. The molecular formula is C20H15F2N7O3. The highest BCUT2D eigenvalue weighted by molar-refractivity contribution is 6.04. The van der Waals surface area contributed by atoms with Crippen molar-refractivity contribution in [2.75, 3.05) is 5.32 Å². The monoisotopic (exact) mass is 439 g/mol. The molecule has 3 aromatic heterocycles. The quantitative estimate of drug-likeness (QED) is 0.369. The molecule has 4 aromatic rings. The number of fused-ring (bicyclic) bond motifs is 1. The van der Waals surface area contributed by atoms with E-state index in [0.717, 1.165) is 25.0 Å². The Hall–Kier alpha value is -4.35. The maximum absolute atomic E-state index is 14.0. The van der Waals surface area contributed by atoms with Gasteiger partial charge in [0.25, 0.3) is 5.91 Å². The number of carbonyl (C=O) groups excluding carboxylic acids is 1. The van der Waals surface area contributed by atoms with Crippen LogP contribution in [0.25, 0.3) is 11.7 Å². The van der Waals surface area contributed by atoms with Crippen LogP contribution in [0.1, 0.15) is 28.9 Å². The Morgan fingerprint density at radius 1 is 1.28 bits per heavy atom. The molecule has 1 saturated carbocycles. The van der Waals surface area contributed by atoms with Crippen molar-refractivity contribution in [2.45, 2.75) is 18.9 Å². The summed E-state index contributed by atoms with van der Waals surface area (Å²) in [6, 6.07) is 4.26. The number of imidazole rings is 1. The molecule has 3 heterocycles. The number of nitrogens with zero attached hydrogens (tertiary/aromatic N) is 4. The SMILES string of the molecule is O=C(Nc1cc(=NC2CC2)n2ncc(=Cc3[nH]c(=O)[nH]c3O)c2n1)c1ccc(F)cc1F. The molecule has 4 N–H and O–H groups in total. The zero-order valence-corrected chi connectivity index (χ0v) is 16.3. The van der Waals surface area contributed by atoms with E-state index in [-0.39, 0.29) is 34.6 Å². The second kappa shape index (κ2) is 7.41. The summed E-state index contributed by atoms with van der Waals surface area (Å²) >= 11 is 0. The number of benzene rings is 1. The molecule has 0 atom stereocenters. The second-order valence-electron chi connectivity index (χ2n) is 7.26. The van der Waals surface area contributed by atoms with Crippen LogP contribution in [0, 0.1) is 11.6 Å². The van der Waals surface area contributed by atoms with Crippen molar-refractivity contribution in [3.8, 4) is 5.88 Å². The fourth-order valence-electron chi connectivity index (χ4n) is 3.12. The van der Waals surface area contributed by atoms with E-state index in [9.17, 15) is 23.5 Å². The van der Waals surface area contributed by atoms with Crippen molar-refractivity contribution < 1.29 is 18.7 Å². The third-order valence-electron chi connectivity index (χ3n) is 4.79. The number of carbonyl (C=O) groups is 1. The molecule has 0 unspecified atom stereocenters. The van der Waals surface area contributed by atoms with Gasteiger partial charge < -0.3 is 15.4 Å². The summed E-state index contributed by atoms with van der Waals surface area (Å²) in [5.74, 6) is -2.89. The number of hydrogen-bond donors (Lipinski definition) is 4. The van der Waals surface area contributed by atoms with E-state index in [1.165, 1.54) is 22.9 Å². The summed E-state index contributed by atoms with van der Waals surface area (Å²) in [6.45, 7) is 0. The molecule has 1 aliphatic rings. The molecule has 0 saturated heterocycles. The van der Waals surface area contributed by atoms with E-state index >= 15 is 0 Å². The van der Waals surface area contributed by atoms with Gasteiger partial charge in [-0.15, -0.1) is 0 Å². The molecule has 32 heavy (non-hydrogen) atoms. The third kappa shape index (κ3) is 3.73. The molecule has 12 heteroatoms. The Morgan fingerprint density at radius 3 is 2.78 bits per heavy atom. The Bertz CT molecular complexity index is 1550. The summed E-state index contributed by atoms with van der Waals surface area (Å²) in [7, 11) is 0. The summed E-state index contributed by atoms with van der Waals surface area (Å²) < 4.78 is 28.6. The molecular weight excluding hydrogens is 424 g/mol. The second-order valence-corrected chi connectivity index (χ2v) is 7.26. The number of aromatic amines is 2. The van der Waals surface area contributed by atoms with Gasteiger partial charge in [-0.25, -0.2) is 18.6 Å². The van der Waals surface area contributed by atoms with Crippen LogP contribution in [0.5, 0.6) is 5.88 Å². The molecule has 0 bridgehead atoms. The molecule has 1 aromatic carbocycles. The van der Waals surface area contributed by atoms with E-state index in [0.29, 0.717) is 16.8 Å². The van der Waals surface area contributed by atoms with Gasteiger partial charge in [0.15, 0.2) is 11.1 Å². The number of rotatable bonds is 4. The molecule has 1 amide bonds. The standard InChI is InChI=1S/C20H15F2N7O3/c21-10-1-4-12(13(22)6-10)18(30)27-15-7-16(24-11-2-3-11)29-17(26-15)9(8-23-29)5-14-19(31)28-20(32)25-14/h1,4-8,11,31H,2-3H2,(H,27,30)(H2,25,28,32). The van der Waals surface area contributed by atoms with Gasteiger partial charge in [0, 0.05) is 17.4 Å². The van der Waals surface area contributed by atoms with Gasteiger partial charge in [-0.05, 0) is 31.1 Å². The lowest BCUT2D eigenvalue weighted by atomic mass is 10.2. The molecule has 0 aliphatic heterocycles. The molecule has 0 radical (unpaired) electrons. The number of aromatic hydroxyl groups is 1. The van der Waals surface area contributed by atoms with Crippen molar-refractivity contribution in [3.05, 3.63) is 74.5 Å².